The number of carbonyl (C=O) groups is 1. The van der Waals surface area contributed by atoms with Gasteiger partial charge in [0.2, 0.25) is 0 Å². The summed E-state index contributed by atoms with van der Waals surface area (Å²) in [5, 5.41) is 2.00. The van der Waals surface area contributed by atoms with Crippen LogP contribution in [-0.2, 0) is 4.79 Å². The summed E-state index contributed by atoms with van der Waals surface area (Å²) >= 11 is 1.62. The van der Waals surface area contributed by atoms with Crippen LogP contribution in [0, 0.1) is 0 Å². The van der Waals surface area contributed by atoms with Gasteiger partial charge >= 0.3 is 0 Å². The molecule has 0 amide bonds. The molecule has 0 unspecified atom stereocenters. The second-order valence-electron chi connectivity index (χ2n) is 3.54. The Labute approximate surface area is 90.6 Å². The fourth-order valence-electron chi connectivity index (χ4n) is 1.81. The van der Waals surface area contributed by atoms with Crippen LogP contribution in [0.5, 0.6) is 0 Å². The maximum atomic E-state index is 11.2. The monoisotopic (exact) mass is 219 g/mol. The van der Waals surface area contributed by atoms with E-state index < -0.39 is 0 Å². The lowest BCUT2D eigenvalue weighted by Gasteiger charge is -2.15. The van der Waals surface area contributed by atoms with Crippen LogP contribution in [0.2, 0.25) is 0 Å². The minimum Gasteiger partial charge on any atom is -0.348 e. The molecule has 4 nitrogen and oxygen atoms in total. The molecule has 1 fully saturated rings. The number of fused-ring (bicyclic) bond motifs is 1. The number of nitrogens with zero attached hydrogens (tertiary/aromatic N) is 3. The van der Waals surface area contributed by atoms with Gasteiger partial charge in [-0.1, -0.05) is 0 Å². The Kier molecular flexibility index (Phi) is 1.92. The summed E-state index contributed by atoms with van der Waals surface area (Å²) in [4.78, 5) is 21.7. The van der Waals surface area contributed by atoms with E-state index in [0.717, 1.165) is 22.6 Å². The molecule has 5 heteroatoms. The minimum absolute atomic E-state index is 0.290. The summed E-state index contributed by atoms with van der Waals surface area (Å²) in [7, 11) is 0. The largest absolute Gasteiger partial charge is 0.348 e. The molecule has 0 spiro atoms. The first-order chi connectivity index (χ1) is 7.34. The topological polar surface area (TPSA) is 46.1 Å². The Morgan fingerprint density at radius 1 is 1.40 bits per heavy atom. The fourth-order valence-corrected chi connectivity index (χ4v) is 2.67. The molecule has 1 aliphatic heterocycles. The van der Waals surface area contributed by atoms with Crippen molar-refractivity contribution >= 4 is 33.2 Å². The molecule has 0 aliphatic carbocycles. The number of thiophene rings is 1. The highest BCUT2D eigenvalue weighted by Gasteiger charge is 2.22. The summed E-state index contributed by atoms with van der Waals surface area (Å²) in [6.07, 6.45) is 2.20. The van der Waals surface area contributed by atoms with Gasteiger partial charge in [-0.15, -0.1) is 11.3 Å². The van der Waals surface area contributed by atoms with Crippen LogP contribution in [0.15, 0.2) is 17.8 Å². The van der Waals surface area contributed by atoms with Gasteiger partial charge in [-0.2, -0.15) is 0 Å². The third-order valence-electron chi connectivity index (χ3n) is 2.55. The van der Waals surface area contributed by atoms with E-state index in [9.17, 15) is 4.79 Å². The molecule has 3 rings (SSSR count). The zero-order valence-electron chi connectivity index (χ0n) is 8.01. The molecule has 3 heterocycles. The minimum atomic E-state index is 0.290. The normalized spacial score (nSPS) is 16.5. The van der Waals surface area contributed by atoms with Gasteiger partial charge in [0.15, 0.2) is 5.78 Å². The van der Waals surface area contributed by atoms with Crippen LogP contribution in [0.3, 0.4) is 0 Å². The SMILES string of the molecule is O=C1CCN(c2ncnc3ccsc23)C1. The van der Waals surface area contributed by atoms with Crippen LogP contribution < -0.4 is 4.90 Å². The molecule has 2 aromatic rings. The van der Waals surface area contributed by atoms with Crippen molar-refractivity contribution in [1.29, 1.82) is 0 Å². The molecule has 2 aromatic heterocycles. The van der Waals surface area contributed by atoms with E-state index in [1.807, 2.05) is 16.3 Å². The summed E-state index contributed by atoms with van der Waals surface area (Å²) in [6.45, 7) is 1.27. The lowest BCUT2D eigenvalue weighted by atomic mass is 10.4. The van der Waals surface area contributed by atoms with E-state index in [0.29, 0.717) is 18.7 Å². The molecule has 0 bridgehead atoms. The average molecular weight is 219 g/mol. The third kappa shape index (κ3) is 1.39. The molecule has 0 atom stereocenters. The maximum absolute atomic E-state index is 11.2. The number of carbonyl (C=O) groups excluding carboxylic acids is 1. The third-order valence-corrected chi connectivity index (χ3v) is 3.45. The van der Waals surface area contributed by atoms with Gasteiger partial charge in [0.05, 0.1) is 16.8 Å². The summed E-state index contributed by atoms with van der Waals surface area (Å²) in [6, 6.07) is 1.98. The quantitative estimate of drug-likeness (QED) is 0.728. The predicted molar refractivity (Wildman–Crippen MR) is 59.3 cm³/mol. The molecule has 1 aliphatic rings. The zero-order chi connectivity index (χ0) is 10.3. The predicted octanol–water partition coefficient (Wildman–Crippen LogP) is 1.47. The molecule has 15 heavy (non-hydrogen) atoms. The Hall–Kier alpha value is -1.49. The van der Waals surface area contributed by atoms with Gasteiger partial charge < -0.3 is 4.90 Å². The molecule has 0 aromatic carbocycles. The van der Waals surface area contributed by atoms with Crippen molar-refractivity contribution in [2.45, 2.75) is 6.42 Å². The van der Waals surface area contributed by atoms with Gasteiger partial charge in [-0.05, 0) is 11.4 Å². The van der Waals surface area contributed by atoms with Crippen molar-refractivity contribution in [3.63, 3.8) is 0 Å². The molecule has 0 radical (unpaired) electrons. The van der Waals surface area contributed by atoms with Crippen molar-refractivity contribution in [3.05, 3.63) is 17.8 Å². The van der Waals surface area contributed by atoms with Crippen LogP contribution >= 0.6 is 11.3 Å². The van der Waals surface area contributed by atoms with Crippen LogP contribution in [0.1, 0.15) is 6.42 Å². The first-order valence-corrected chi connectivity index (χ1v) is 5.67. The highest BCUT2D eigenvalue weighted by molar-refractivity contribution is 7.17. The summed E-state index contributed by atoms with van der Waals surface area (Å²) < 4.78 is 1.08. The van der Waals surface area contributed by atoms with Crippen molar-refractivity contribution < 1.29 is 4.79 Å². The van der Waals surface area contributed by atoms with Gasteiger partial charge in [0.25, 0.3) is 0 Å². The van der Waals surface area contributed by atoms with Gasteiger partial charge in [-0.3, -0.25) is 4.79 Å². The van der Waals surface area contributed by atoms with Crippen molar-refractivity contribution in [3.8, 4) is 0 Å². The first kappa shape index (κ1) is 8.79. The zero-order valence-corrected chi connectivity index (χ0v) is 8.83. The number of ketones is 1. The molecule has 0 N–H and O–H groups in total. The van der Waals surface area contributed by atoms with Gasteiger partial charge in [0.1, 0.15) is 12.1 Å². The first-order valence-electron chi connectivity index (χ1n) is 4.79. The highest BCUT2D eigenvalue weighted by Crippen LogP contribution is 2.29. The molecule has 76 valence electrons. The Morgan fingerprint density at radius 2 is 2.33 bits per heavy atom. The van der Waals surface area contributed by atoms with E-state index in [1.54, 1.807) is 17.7 Å². The average Bonchev–Trinajstić information content (AvgIpc) is 2.84. The highest BCUT2D eigenvalue weighted by atomic mass is 32.1. The number of anilines is 1. The molecule has 1 saturated heterocycles. The number of rotatable bonds is 1. The van der Waals surface area contributed by atoms with Crippen molar-refractivity contribution in [2.75, 3.05) is 18.0 Å². The van der Waals surface area contributed by atoms with Crippen molar-refractivity contribution in [2.24, 2.45) is 0 Å². The van der Waals surface area contributed by atoms with E-state index in [1.165, 1.54) is 0 Å². The van der Waals surface area contributed by atoms with Crippen LogP contribution in [-0.4, -0.2) is 28.8 Å². The maximum Gasteiger partial charge on any atom is 0.153 e. The number of aromatic nitrogens is 2. The smallest absolute Gasteiger partial charge is 0.153 e. The van der Waals surface area contributed by atoms with E-state index in [2.05, 4.69) is 9.97 Å². The Morgan fingerprint density at radius 3 is 3.13 bits per heavy atom. The standard InChI is InChI=1S/C10H9N3OS/c14-7-1-3-13(5-7)10-9-8(2-4-15-9)11-6-12-10/h2,4,6H,1,3,5H2. The Bertz CT molecular complexity index is 522. The number of hydrogen-bond donors (Lipinski definition) is 0. The Balaban J connectivity index is 2.10. The summed E-state index contributed by atoms with van der Waals surface area (Å²) in [5.41, 5.74) is 0.962. The molecule has 0 saturated carbocycles. The lowest BCUT2D eigenvalue weighted by Crippen LogP contribution is -2.20. The van der Waals surface area contributed by atoms with Gasteiger partial charge in [-0.25, -0.2) is 9.97 Å². The molecular weight excluding hydrogens is 210 g/mol. The van der Waals surface area contributed by atoms with E-state index >= 15 is 0 Å². The van der Waals surface area contributed by atoms with Crippen LogP contribution in [0.25, 0.3) is 10.2 Å². The lowest BCUT2D eigenvalue weighted by molar-refractivity contribution is -0.116. The van der Waals surface area contributed by atoms with Crippen LogP contribution in [0.4, 0.5) is 5.82 Å². The number of Topliss-reactive ketones (excluding diaryl/α,β-unsaturated/α-hetero) is 1. The second-order valence-corrected chi connectivity index (χ2v) is 4.46. The second kappa shape index (κ2) is 3.27. The van der Waals surface area contributed by atoms with Gasteiger partial charge in [0, 0.05) is 13.0 Å². The fraction of sp³-hybridized carbons (Fsp3) is 0.300. The summed E-state index contributed by atoms with van der Waals surface area (Å²) in [5.74, 6) is 1.19. The van der Waals surface area contributed by atoms with Crippen molar-refractivity contribution in [1.82, 2.24) is 9.97 Å². The van der Waals surface area contributed by atoms with E-state index in [4.69, 9.17) is 0 Å². The van der Waals surface area contributed by atoms with E-state index in [-0.39, 0.29) is 0 Å². The molecular formula is C10H9N3OS. The number of hydrogen-bond acceptors (Lipinski definition) is 5.